The summed E-state index contributed by atoms with van der Waals surface area (Å²) >= 11 is 0. The van der Waals surface area contributed by atoms with E-state index in [1.165, 1.54) is 6.42 Å². The first-order valence-electron chi connectivity index (χ1n) is 8.24. The number of carbonyl (C=O) groups is 1. The summed E-state index contributed by atoms with van der Waals surface area (Å²) in [4.78, 5) is 19.4. The zero-order chi connectivity index (χ0) is 16.1. The lowest BCUT2D eigenvalue weighted by molar-refractivity contribution is 0.0309. The van der Waals surface area contributed by atoms with Crippen LogP contribution in [-0.4, -0.2) is 73.0 Å². The molecule has 4 nitrogen and oxygen atoms in total. The first-order valence-corrected chi connectivity index (χ1v) is 8.24. The molecule has 2 rings (SSSR count). The van der Waals surface area contributed by atoms with Gasteiger partial charge in [0.2, 0.25) is 0 Å². The second kappa shape index (κ2) is 7.75. The summed E-state index contributed by atoms with van der Waals surface area (Å²) < 4.78 is 0. The molecule has 4 heteroatoms. The molecule has 0 aliphatic carbocycles. The SMILES string of the molecule is CC1CN(C(=O)c2ccccc2)C(C)CN1CCCN(C)C. The number of nitrogens with zero attached hydrogens (tertiary/aromatic N) is 3. The third-order valence-electron chi connectivity index (χ3n) is 4.45. The van der Waals surface area contributed by atoms with Crippen LogP contribution in [0.5, 0.6) is 0 Å². The predicted octanol–water partition coefficient (Wildman–Crippen LogP) is 2.17. The minimum Gasteiger partial charge on any atom is -0.333 e. The third kappa shape index (κ3) is 4.31. The highest BCUT2D eigenvalue weighted by Crippen LogP contribution is 2.18. The van der Waals surface area contributed by atoms with Crippen LogP contribution in [0.2, 0.25) is 0 Å². The Labute approximate surface area is 134 Å². The van der Waals surface area contributed by atoms with E-state index >= 15 is 0 Å². The first kappa shape index (κ1) is 17.0. The second-order valence-electron chi connectivity index (χ2n) is 6.67. The predicted molar refractivity (Wildman–Crippen MR) is 91.1 cm³/mol. The Kier molecular flexibility index (Phi) is 5.98. The molecule has 1 heterocycles. The van der Waals surface area contributed by atoms with Gasteiger partial charge in [-0.05, 0) is 59.6 Å². The maximum absolute atomic E-state index is 12.7. The monoisotopic (exact) mass is 303 g/mol. The van der Waals surface area contributed by atoms with Gasteiger partial charge in [-0.3, -0.25) is 9.69 Å². The van der Waals surface area contributed by atoms with Crippen molar-refractivity contribution in [3.8, 4) is 0 Å². The Morgan fingerprint density at radius 2 is 1.82 bits per heavy atom. The normalized spacial score (nSPS) is 23.0. The molecule has 0 aromatic heterocycles. The molecular formula is C18H29N3O. The maximum Gasteiger partial charge on any atom is 0.254 e. The molecule has 1 aromatic rings. The van der Waals surface area contributed by atoms with Crippen LogP contribution in [0.15, 0.2) is 30.3 Å². The average molecular weight is 303 g/mol. The molecule has 22 heavy (non-hydrogen) atoms. The molecule has 1 fully saturated rings. The van der Waals surface area contributed by atoms with Crippen molar-refractivity contribution >= 4 is 5.91 Å². The molecule has 1 aliphatic heterocycles. The Morgan fingerprint density at radius 1 is 1.14 bits per heavy atom. The van der Waals surface area contributed by atoms with Crippen LogP contribution in [0.3, 0.4) is 0 Å². The van der Waals surface area contributed by atoms with Crippen molar-refractivity contribution in [1.82, 2.24) is 14.7 Å². The minimum atomic E-state index is 0.160. The molecule has 2 atom stereocenters. The van der Waals surface area contributed by atoms with Crippen molar-refractivity contribution in [1.29, 1.82) is 0 Å². The molecule has 0 bridgehead atoms. The molecular weight excluding hydrogens is 274 g/mol. The summed E-state index contributed by atoms with van der Waals surface area (Å²) in [6.45, 7) is 8.39. The van der Waals surface area contributed by atoms with Gasteiger partial charge in [0.1, 0.15) is 0 Å². The highest BCUT2D eigenvalue weighted by molar-refractivity contribution is 5.94. The summed E-state index contributed by atoms with van der Waals surface area (Å²) in [5.74, 6) is 0.160. The first-order chi connectivity index (χ1) is 10.5. The van der Waals surface area contributed by atoms with Crippen LogP contribution in [0.1, 0.15) is 30.6 Å². The molecule has 0 spiro atoms. The van der Waals surface area contributed by atoms with Gasteiger partial charge in [0.15, 0.2) is 0 Å². The number of benzene rings is 1. The van der Waals surface area contributed by atoms with E-state index in [4.69, 9.17) is 0 Å². The molecule has 1 amide bonds. The van der Waals surface area contributed by atoms with Crippen molar-refractivity contribution in [2.24, 2.45) is 0 Å². The average Bonchev–Trinajstić information content (AvgIpc) is 2.50. The van der Waals surface area contributed by atoms with Gasteiger partial charge in [-0.1, -0.05) is 18.2 Å². The van der Waals surface area contributed by atoms with E-state index in [9.17, 15) is 4.79 Å². The fourth-order valence-corrected chi connectivity index (χ4v) is 3.13. The summed E-state index contributed by atoms with van der Waals surface area (Å²) in [5.41, 5.74) is 0.794. The lowest BCUT2D eigenvalue weighted by atomic mass is 10.1. The molecule has 0 N–H and O–H groups in total. The maximum atomic E-state index is 12.7. The van der Waals surface area contributed by atoms with Gasteiger partial charge < -0.3 is 9.80 Å². The molecule has 1 aromatic carbocycles. The van der Waals surface area contributed by atoms with Gasteiger partial charge in [0.25, 0.3) is 5.91 Å². The second-order valence-corrected chi connectivity index (χ2v) is 6.67. The number of rotatable bonds is 5. The smallest absolute Gasteiger partial charge is 0.254 e. The summed E-state index contributed by atoms with van der Waals surface area (Å²) in [6.07, 6.45) is 1.18. The van der Waals surface area contributed by atoms with E-state index in [2.05, 4.69) is 37.7 Å². The van der Waals surface area contributed by atoms with Crippen molar-refractivity contribution in [3.05, 3.63) is 35.9 Å². The molecule has 1 aliphatic rings. The summed E-state index contributed by atoms with van der Waals surface area (Å²) in [5, 5.41) is 0. The largest absolute Gasteiger partial charge is 0.333 e. The molecule has 122 valence electrons. The zero-order valence-electron chi connectivity index (χ0n) is 14.3. The van der Waals surface area contributed by atoms with Crippen molar-refractivity contribution in [2.75, 3.05) is 40.3 Å². The van der Waals surface area contributed by atoms with Crippen LogP contribution in [0.4, 0.5) is 0 Å². The molecule has 1 saturated heterocycles. The number of amides is 1. The fraction of sp³-hybridized carbons (Fsp3) is 0.611. The number of carbonyl (C=O) groups excluding carboxylic acids is 1. The summed E-state index contributed by atoms with van der Waals surface area (Å²) in [6, 6.07) is 10.3. The lowest BCUT2D eigenvalue weighted by Gasteiger charge is -2.44. The zero-order valence-corrected chi connectivity index (χ0v) is 14.3. The molecule has 0 radical (unpaired) electrons. The Balaban J connectivity index is 1.94. The van der Waals surface area contributed by atoms with Crippen molar-refractivity contribution in [3.63, 3.8) is 0 Å². The van der Waals surface area contributed by atoms with Crippen LogP contribution >= 0.6 is 0 Å². The van der Waals surface area contributed by atoms with E-state index in [-0.39, 0.29) is 11.9 Å². The Hall–Kier alpha value is -1.39. The number of hydrogen-bond donors (Lipinski definition) is 0. The van der Waals surface area contributed by atoms with E-state index in [1.807, 2.05) is 35.2 Å². The molecule has 2 unspecified atom stereocenters. The van der Waals surface area contributed by atoms with Crippen molar-refractivity contribution < 1.29 is 4.79 Å². The van der Waals surface area contributed by atoms with Crippen molar-refractivity contribution in [2.45, 2.75) is 32.4 Å². The summed E-state index contributed by atoms with van der Waals surface area (Å²) in [7, 11) is 4.23. The third-order valence-corrected chi connectivity index (χ3v) is 4.45. The number of piperazine rings is 1. The standard InChI is InChI=1S/C18H29N3O/c1-15-14-21(18(22)17-9-6-5-7-10-17)16(2)13-20(15)12-8-11-19(3)4/h5-7,9-10,15-16H,8,11-14H2,1-4H3. The van der Waals surface area contributed by atoms with E-state index in [0.717, 1.165) is 31.7 Å². The van der Waals surface area contributed by atoms with Gasteiger partial charge in [-0.25, -0.2) is 0 Å². The van der Waals surface area contributed by atoms with E-state index in [0.29, 0.717) is 6.04 Å². The number of hydrogen-bond acceptors (Lipinski definition) is 3. The Bertz CT molecular complexity index is 474. The van der Waals surface area contributed by atoms with E-state index < -0.39 is 0 Å². The highest BCUT2D eigenvalue weighted by atomic mass is 16.2. The van der Waals surface area contributed by atoms with Gasteiger partial charge in [0, 0.05) is 30.7 Å². The van der Waals surface area contributed by atoms with E-state index in [1.54, 1.807) is 0 Å². The lowest BCUT2D eigenvalue weighted by Crippen LogP contribution is -2.58. The molecule has 0 saturated carbocycles. The van der Waals surface area contributed by atoms with Crippen LogP contribution < -0.4 is 0 Å². The quantitative estimate of drug-likeness (QED) is 0.834. The minimum absolute atomic E-state index is 0.160. The topological polar surface area (TPSA) is 26.8 Å². The van der Waals surface area contributed by atoms with Crippen LogP contribution in [0.25, 0.3) is 0 Å². The van der Waals surface area contributed by atoms with Gasteiger partial charge >= 0.3 is 0 Å². The van der Waals surface area contributed by atoms with Crippen LogP contribution in [0, 0.1) is 0 Å². The van der Waals surface area contributed by atoms with Gasteiger partial charge in [-0.15, -0.1) is 0 Å². The highest BCUT2D eigenvalue weighted by Gasteiger charge is 2.31. The van der Waals surface area contributed by atoms with Crippen LogP contribution in [-0.2, 0) is 0 Å². The van der Waals surface area contributed by atoms with Gasteiger partial charge in [-0.2, -0.15) is 0 Å². The fourth-order valence-electron chi connectivity index (χ4n) is 3.13. The van der Waals surface area contributed by atoms with Gasteiger partial charge in [0.05, 0.1) is 0 Å². The Morgan fingerprint density at radius 3 is 2.45 bits per heavy atom.